The van der Waals surface area contributed by atoms with Gasteiger partial charge >= 0.3 is 0 Å². The Kier molecular flexibility index (Phi) is 8.38. The fraction of sp³-hybridized carbons (Fsp3) is 0.933. The number of rotatable bonds is 13. The van der Waals surface area contributed by atoms with E-state index in [9.17, 15) is 13.2 Å². The number of carbonyl (C=O) groups excluding carboxylic acids is 1. The first-order valence-electron chi connectivity index (χ1n) is 8.08. The highest BCUT2D eigenvalue weighted by Crippen LogP contribution is 2.15. The van der Waals surface area contributed by atoms with Gasteiger partial charge in [-0.15, -0.1) is 0 Å². The van der Waals surface area contributed by atoms with Gasteiger partial charge in [0.1, 0.15) is 0 Å². The number of hydrogen-bond donors (Lipinski definition) is 1. The van der Waals surface area contributed by atoms with Crippen molar-refractivity contribution in [2.75, 3.05) is 5.75 Å². The summed E-state index contributed by atoms with van der Waals surface area (Å²) in [7, 11) is -3.23. The van der Waals surface area contributed by atoms with Crippen LogP contribution in [0.1, 0.15) is 77.6 Å². The Labute approximate surface area is 123 Å². The molecule has 1 saturated carbocycles. The van der Waals surface area contributed by atoms with Crippen LogP contribution in [0, 0.1) is 0 Å². The fourth-order valence-electron chi connectivity index (χ4n) is 2.30. The zero-order valence-electron chi connectivity index (χ0n) is 12.7. The fourth-order valence-corrected chi connectivity index (χ4v) is 3.66. The van der Waals surface area contributed by atoms with Crippen molar-refractivity contribution in [3.8, 4) is 0 Å². The SMILES string of the molecule is CCCCCCCCCCCCS(=O)(=O)NC1CC1=O. The summed E-state index contributed by atoms with van der Waals surface area (Å²) in [5, 5.41) is 0. The van der Waals surface area contributed by atoms with E-state index in [1.54, 1.807) is 0 Å². The summed E-state index contributed by atoms with van der Waals surface area (Å²) in [5.74, 6) is 0.171. The van der Waals surface area contributed by atoms with Crippen molar-refractivity contribution in [3.63, 3.8) is 0 Å². The Hall–Kier alpha value is -0.420. The third kappa shape index (κ3) is 8.69. The maximum atomic E-state index is 11.6. The molecule has 0 aliphatic heterocycles. The number of ketones is 1. The maximum absolute atomic E-state index is 11.6. The predicted molar refractivity (Wildman–Crippen MR) is 82.2 cm³/mol. The lowest BCUT2D eigenvalue weighted by molar-refractivity contribution is -0.110. The molecular formula is C15H29NO3S. The second kappa shape index (κ2) is 9.50. The Balaban J connectivity index is 1.87. The summed E-state index contributed by atoms with van der Waals surface area (Å²) < 4.78 is 25.6. The highest BCUT2D eigenvalue weighted by molar-refractivity contribution is 7.89. The zero-order chi connectivity index (χ0) is 14.8. The first kappa shape index (κ1) is 17.6. The quantitative estimate of drug-likeness (QED) is 0.532. The van der Waals surface area contributed by atoms with E-state index in [2.05, 4.69) is 11.6 Å². The number of hydrogen-bond acceptors (Lipinski definition) is 3. The van der Waals surface area contributed by atoms with Gasteiger partial charge in [0.25, 0.3) is 0 Å². The van der Waals surface area contributed by atoms with Crippen molar-refractivity contribution in [1.82, 2.24) is 4.72 Å². The molecule has 0 radical (unpaired) electrons. The third-order valence-electron chi connectivity index (χ3n) is 3.72. The van der Waals surface area contributed by atoms with E-state index < -0.39 is 16.1 Å². The summed E-state index contributed by atoms with van der Waals surface area (Å²) in [6.45, 7) is 2.22. The second-order valence-corrected chi connectivity index (χ2v) is 7.72. The van der Waals surface area contributed by atoms with E-state index in [1.807, 2.05) is 0 Å². The normalized spacial score (nSPS) is 18.4. The van der Waals surface area contributed by atoms with Crippen molar-refractivity contribution in [2.45, 2.75) is 83.6 Å². The molecule has 0 bridgehead atoms. The lowest BCUT2D eigenvalue weighted by Gasteiger charge is -2.04. The molecule has 0 heterocycles. The van der Waals surface area contributed by atoms with Crippen LogP contribution in [0.2, 0.25) is 0 Å². The molecule has 20 heavy (non-hydrogen) atoms. The number of unbranched alkanes of at least 4 members (excludes halogenated alkanes) is 9. The number of carbonyl (C=O) groups is 1. The van der Waals surface area contributed by atoms with Gasteiger partial charge in [-0.05, 0) is 6.42 Å². The van der Waals surface area contributed by atoms with Crippen molar-refractivity contribution in [3.05, 3.63) is 0 Å². The summed E-state index contributed by atoms with van der Waals surface area (Å²) >= 11 is 0. The van der Waals surface area contributed by atoms with Gasteiger partial charge in [-0.1, -0.05) is 64.7 Å². The molecule has 0 spiro atoms. The number of nitrogens with one attached hydrogen (secondary N) is 1. The standard InChI is InChI=1S/C15H29NO3S/c1-2-3-4-5-6-7-8-9-10-11-12-20(18,19)16-14-13-15(14)17/h14,16H,2-13H2,1H3. The number of Topliss-reactive ketones (excluding diaryl/α,β-unsaturated/α-hetero) is 1. The summed E-state index contributed by atoms with van der Waals surface area (Å²) in [4.78, 5) is 10.8. The van der Waals surface area contributed by atoms with Crippen molar-refractivity contribution in [2.24, 2.45) is 0 Å². The molecule has 1 atom stereocenters. The molecule has 1 fully saturated rings. The molecule has 4 nitrogen and oxygen atoms in total. The van der Waals surface area contributed by atoms with Crippen LogP contribution in [0.3, 0.4) is 0 Å². The second-order valence-electron chi connectivity index (χ2n) is 5.84. The van der Waals surface area contributed by atoms with E-state index in [0.29, 0.717) is 12.8 Å². The van der Waals surface area contributed by atoms with Crippen LogP contribution < -0.4 is 4.72 Å². The Morgan fingerprint density at radius 2 is 1.40 bits per heavy atom. The largest absolute Gasteiger partial charge is 0.298 e. The van der Waals surface area contributed by atoms with Gasteiger partial charge in [0.05, 0.1) is 11.8 Å². The summed E-state index contributed by atoms with van der Waals surface area (Å²) in [6, 6.07) is -0.414. The van der Waals surface area contributed by atoms with Crippen molar-refractivity contribution in [1.29, 1.82) is 0 Å². The van der Waals surface area contributed by atoms with Gasteiger partial charge in [-0.25, -0.2) is 13.1 Å². The first-order chi connectivity index (χ1) is 9.55. The topological polar surface area (TPSA) is 63.2 Å². The molecule has 118 valence electrons. The van der Waals surface area contributed by atoms with Crippen LogP contribution in [0.15, 0.2) is 0 Å². The minimum atomic E-state index is -3.23. The molecule has 1 aliphatic carbocycles. The van der Waals surface area contributed by atoms with Crippen LogP contribution in [0.25, 0.3) is 0 Å². The average molecular weight is 303 g/mol. The van der Waals surface area contributed by atoms with Gasteiger partial charge in [0.2, 0.25) is 10.0 Å². The van der Waals surface area contributed by atoms with Crippen molar-refractivity contribution < 1.29 is 13.2 Å². The summed E-state index contributed by atoms with van der Waals surface area (Å²) in [5.41, 5.74) is 0. The molecule has 1 rings (SSSR count). The van der Waals surface area contributed by atoms with Crippen LogP contribution in [-0.2, 0) is 14.8 Å². The molecule has 0 amide bonds. The Morgan fingerprint density at radius 3 is 1.85 bits per heavy atom. The van der Waals surface area contributed by atoms with Crippen LogP contribution in [0.5, 0.6) is 0 Å². The van der Waals surface area contributed by atoms with E-state index >= 15 is 0 Å². The van der Waals surface area contributed by atoms with Gasteiger partial charge in [-0.3, -0.25) is 4.79 Å². The Bertz CT molecular complexity index is 379. The predicted octanol–water partition coefficient (Wildman–Crippen LogP) is 3.17. The zero-order valence-corrected chi connectivity index (χ0v) is 13.5. The maximum Gasteiger partial charge on any atom is 0.212 e. The van der Waals surface area contributed by atoms with Gasteiger partial charge < -0.3 is 0 Å². The molecule has 1 N–H and O–H groups in total. The molecule has 0 aromatic rings. The van der Waals surface area contributed by atoms with Gasteiger partial charge in [0.15, 0.2) is 5.78 Å². The Morgan fingerprint density at radius 1 is 0.950 bits per heavy atom. The highest BCUT2D eigenvalue weighted by Gasteiger charge is 2.37. The summed E-state index contributed by atoms with van der Waals surface area (Å²) in [6.07, 6.45) is 12.3. The van der Waals surface area contributed by atoms with E-state index in [-0.39, 0.29) is 11.5 Å². The highest BCUT2D eigenvalue weighted by atomic mass is 32.2. The molecule has 0 saturated heterocycles. The molecular weight excluding hydrogens is 274 g/mol. The monoisotopic (exact) mass is 303 g/mol. The smallest absolute Gasteiger partial charge is 0.212 e. The first-order valence-corrected chi connectivity index (χ1v) is 9.73. The average Bonchev–Trinajstić information content (AvgIpc) is 3.06. The van der Waals surface area contributed by atoms with Crippen LogP contribution >= 0.6 is 0 Å². The lowest BCUT2D eigenvalue weighted by Crippen LogP contribution is -2.29. The minimum absolute atomic E-state index is 0.0108. The van der Waals surface area contributed by atoms with Gasteiger partial charge in [-0.2, -0.15) is 0 Å². The van der Waals surface area contributed by atoms with Crippen LogP contribution in [-0.4, -0.2) is 26.0 Å². The van der Waals surface area contributed by atoms with Crippen LogP contribution in [0.4, 0.5) is 0 Å². The van der Waals surface area contributed by atoms with E-state index in [1.165, 1.54) is 44.9 Å². The molecule has 5 heteroatoms. The molecule has 1 unspecified atom stereocenters. The lowest BCUT2D eigenvalue weighted by atomic mass is 10.1. The van der Waals surface area contributed by atoms with E-state index in [0.717, 1.165) is 12.8 Å². The van der Waals surface area contributed by atoms with Crippen molar-refractivity contribution >= 4 is 15.8 Å². The third-order valence-corrected chi connectivity index (χ3v) is 5.19. The van der Waals surface area contributed by atoms with E-state index in [4.69, 9.17) is 0 Å². The van der Waals surface area contributed by atoms with Gasteiger partial charge in [0, 0.05) is 6.42 Å². The number of sulfonamides is 1. The molecule has 1 aliphatic rings. The molecule has 0 aromatic carbocycles. The minimum Gasteiger partial charge on any atom is -0.298 e. The molecule has 0 aromatic heterocycles.